The van der Waals surface area contributed by atoms with Crippen LogP contribution in [0.4, 0.5) is 0 Å². The van der Waals surface area contributed by atoms with Crippen molar-refractivity contribution in [3.05, 3.63) is 0 Å². The van der Waals surface area contributed by atoms with E-state index < -0.39 is 0 Å². The molecule has 0 amide bonds. The molecule has 6 fully saturated rings. The van der Waals surface area contributed by atoms with Crippen LogP contribution in [0, 0.1) is 11.8 Å². The van der Waals surface area contributed by atoms with Crippen LogP contribution in [0.25, 0.3) is 0 Å². The maximum atomic E-state index is 2.95. The van der Waals surface area contributed by atoms with Gasteiger partial charge in [0.1, 0.15) is 0 Å². The highest BCUT2D eigenvalue weighted by atomic mass is 15.9. The molecule has 1 spiro atoms. The van der Waals surface area contributed by atoms with E-state index in [1.807, 2.05) is 0 Å². The van der Waals surface area contributed by atoms with Gasteiger partial charge in [0.2, 0.25) is 0 Å². The van der Waals surface area contributed by atoms with Crippen LogP contribution < -0.4 is 0 Å². The van der Waals surface area contributed by atoms with Crippen molar-refractivity contribution in [2.24, 2.45) is 11.8 Å². The van der Waals surface area contributed by atoms with Crippen LogP contribution in [0.3, 0.4) is 0 Å². The molecule has 0 atom stereocenters. The molecule has 6 rings (SSSR count). The second-order valence-electron chi connectivity index (χ2n) is 12.5. The Kier molecular flexibility index (Phi) is 2.36. The molecule has 0 bridgehead atoms. The number of hydrogen-bond donors (Lipinski definition) is 0. The summed E-state index contributed by atoms with van der Waals surface area (Å²) < 4.78 is 0. The molecule has 0 N–H and O–H groups in total. The fourth-order valence-electron chi connectivity index (χ4n) is 8.95. The minimum Gasteiger partial charge on any atom is -0.238 e. The first-order valence-electron chi connectivity index (χ1n) is 10.5. The predicted octanol–water partition coefficient (Wildman–Crippen LogP) is 3.45. The molecule has 0 radical (unpaired) electrons. The van der Waals surface area contributed by atoms with E-state index in [1.165, 1.54) is 25.7 Å². The molecule has 0 aromatic carbocycles. The van der Waals surface area contributed by atoms with Crippen molar-refractivity contribution in [3.63, 3.8) is 0 Å². The van der Waals surface area contributed by atoms with Crippen LogP contribution in [0.5, 0.6) is 0 Å². The van der Waals surface area contributed by atoms with Gasteiger partial charge in [-0.05, 0) is 92.9 Å². The minimum absolute atomic E-state index is 0.0336. The van der Waals surface area contributed by atoms with E-state index >= 15 is 0 Å². The molecule has 0 aromatic heterocycles. The zero-order valence-corrected chi connectivity index (χ0v) is 17.4. The molecule has 0 saturated carbocycles. The van der Waals surface area contributed by atoms with Gasteiger partial charge in [0, 0.05) is 22.2 Å². The average molecular weight is 345 g/mol. The van der Waals surface area contributed by atoms with Crippen LogP contribution in [-0.2, 0) is 0 Å². The van der Waals surface area contributed by atoms with Crippen molar-refractivity contribution in [2.75, 3.05) is 0 Å². The smallest absolute Gasteiger partial charge is 0.198 e. The summed E-state index contributed by atoms with van der Waals surface area (Å²) in [5.41, 5.74) is 1.22. The fraction of sp³-hybridized carbons (Fsp3) is 1.00. The van der Waals surface area contributed by atoms with Crippen LogP contribution >= 0.6 is 0 Å². The van der Waals surface area contributed by atoms with Crippen molar-refractivity contribution in [1.29, 1.82) is 0 Å². The molecule has 0 aliphatic carbocycles. The summed E-state index contributed by atoms with van der Waals surface area (Å²) in [5.74, 6) is 1.73. The molecular weight excluding hydrogens is 308 g/mol. The Bertz CT molecular complexity index is 564. The molecule has 6 saturated heterocycles. The molecular formula is C21H36N4. The lowest BCUT2D eigenvalue weighted by Gasteiger charge is -2.83. The van der Waals surface area contributed by atoms with Gasteiger partial charge in [-0.15, -0.1) is 0 Å². The summed E-state index contributed by atoms with van der Waals surface area (Å²) in [7, 11) is 0. The summed E-state index contributed by atoms with van der Waals surface area (Å²) >= 11 is 0. The molecule has 0 unspecified atom stereocenters. The van der Waals surface area contributed by atoms with Crippen LogP contribution in [0.1, 0.15) is 81.1 Å². The van der Waals surface area contributed by atoms with E-state index in [0.29, 0.717) is 34.5 Å². The maximum Gasteiger partial charge on any atom is 0.198 e. The summed E-state index contributed by atoms with van der Waals surface area (Å²) in [6, 6.07) is 0. The second kappa shape index (κ2) is 3.72. The molecule has 25 heavy (non-hydrogen) atoms. The van der Waals surface area contributed by atoms with Gasteiger partial charge in [-0.3, -0.25) is 0 Å². The lowest BCUT2D eigenvalue weighted by atomic mass is 9.84. The third-order valence-electron chi connectivity index (χ3n) is 8.85. The SMILES string of the molecule is CC1(C)CC2CC(C)(C)N3C2N1C31N2C3C(CC2(C)C)CC(C)(C)N31. The highest BCUT2D eigenvalue weighted by Crippen LogP contribution is 2.74. The largest absolute Gasteiger partial charge is 0.238 e. The first kappa shape index (κ1) is 15.9. The van der Waals surface area contributed by atoms with E-state index in [4.69, 9.17) is 0 Å². The molecule has 140 valence electrons. The van der Waals surface area contributed by atoms with E-state index in [2.05, 4.69) is 75.0 Å². The Morgan fingerprint density at radius 1 is 0.480 bits per heavy atom. The Morgan fingerprint density at radius 2 is 0.720 bits per heavy atom. The van der Waals surface area contributed by atoms with Gasteiger partial charge in [-0.1, -0.05) is 0 Å². The quantitative estimate of drug-likeness (QED) is 0.667. The van der Waals surface area contributed by atoms with E-state index in [9.17, 15) is 0 Å². The topological polar surface area (TPSA) is 13.0 Å². The van der Waals surface area contributed by atoms with Gasteiger partial charge in [-0.2, -0.15) is 0 Å². The average Bonchev–Trinajstić information content (AvgIpc) is 2.77. The summed E-state index contributed by atoms with van der Waals surface area (Å²) in [5, 5.41) is 0. The minimum atomic E-state index is 0.0336. The third-order valence-corrected chi connectivity index (χ3v) is 8.85. The monoisotopic (exact) mass is 344 g/mol. The lowest BCUT2D eigenvalue weighted by Crippen LogP contribution is -3.02. The molecule has 4 nitrogen and oxygen atoms in total. The van der Waals surface area contributed by atoms with E-state index in [0.717, 1.165) is 11.8 Å². The first-order chi connectivity index (χ1) is 11.4. The van der Waals surface area contributed by atoms with Crippen molar-refractivity contribution in [2.45, 2.75) is 121 Å². The zero-order valence-electron chi connectivity index (χ0n) is 17.4. The Balaban J connectivity index is 1.58. The van der Waals surface area contributed by atoms with Crippen LogP contribution in [0.15, 0.2) is 0 Å². The van der Waals surface area contributed by atoms with Gasteiger partial charge in [0.25, 0.3) is 0 Å². The zero-order chi connectivity index (χ0) is 17.9. The van der Waals surface area contributed by atoms with Gasteiger partial charge in [-0.25, -0.2) is 19.6 Å². The number of nitrogens with zero attached hydrogens (tertiary/aromatic N) is 4. The summed E-state index contributed by atoms with van der Waals surface area (Å²) in [6.07, 6.45) is 6.76. The summed E-state index contributed by atoms with van der Waals surface area (Å²) in [4.78, 5) is 11.8. The maximum absolute atomic E-state index is 2.95. The third kappa shape index (κ3) is 1.35. The van der Waals surface area contributed by atoms with Crippen molar-refractivity contribution >= 4 is 0 Å². The number of fused-ring (bicyclic) bond motifs is 4. The van der Waals surface area contributed by atoms with E-state index in [-0.39, 0.29) is 5.91 Å². The first-order valence-corrected chi connectivity index (χ1v) is 10.5. The Morgan fingerprint density at radius 3 is 0.960 bits per heavy atom. The predicted molar refractivity (Wildman–Crippen MR) is 99.4 cm³/mol. The highest BCUT2D eigenvalue weighted by molar-refractivity contribution is 5.33. The fourth-order valence-corrected chi connectivity index (χ4v) is 8.95. The molecule has 6 aliphatic rings. The molecule has 6 heterocycles. The Hall–Kier alpha value is -0.160. The lowest BCUT2D eigenvalue weighted by molar-refractivity contribution is -0.495. The van der Waals surface area contributed by atoms with E-state index in [1.54, 1.807) is 0 Å². The van der Waals surface area contributed by atoms with Gasteiger partial charge in [0.05, 0.1) is 12.3 Å². The van der Waals surface area contributed by atoms with Crippen molar-refractivity contribution in [1.82, 2.24) is 19.6 Å². The number of hydrogen-bond acceptors (Lipinski definition) is 4. The molecule has 4 heteroatoms. The molecule has 0 aromatic rings. The Labute approximate surface area is 153 Å². The van der Waals surface area contributed by atoms with Gasteiger partial charge in [0.15, 0.2) is 5.91 Å². The highest BCUT2D eigenvalue weighted by Gasteiger charge is 2.89. The van der Waals surface area contributed by atoms with Crippen LogP contribution in [0.2, 0.25) is 0 Å². The summed E-state index contributed by atoms with van der Waals surface area (Å²) in [6.45, 7) is 20.1. The molecule has 6 aliphatic heterocycles. The van der Waals surface area contributed by atoms with Crippen molar-refractivity contribution < 1.29 is 0 Å². The normalized spacial score (nSPS) is 53.8. The van der Waals surface area contributed by atoms with Crippen LogP contribution in [-0.4, -0.2) is 60.0 Å². The van der Waals surface area contributed by atoms with Gasteiger partial charge < -0.3 is 0 Å². The van der Waals surface area contributed by atoms with Gasteiger partial charge >= 0.3 is 0 Å². The number of rotatable bonds is 0. The second-order valence-corrected chi connectivity index (χ2v) is 12.5. The standard InChI is InChI=1S/C21H36N4/c1-17(2)9-13-10-18(3,4)23-15(13)22(17)21(23)24-16-14(11-19(24,5)6)12-20(7,8)25(16)21/h13-16H,9-12H2,1-8H3. The van der Waals surface area contributed by atoms with Crippen molar-refractivity contribution in [3.8, 4) is 0 Å².